The Kier molecular flexibility index (Phi) is 5.71. The second-order valence-electron chi connectivity index (χ2n) is 7.29. The number of benzene rings is 2. The number of aliphatic hydroxyl groups is 1. The topological polar surface area (TPSA) is 89.0 Å². The minimum absolute atomic E-state index is 0.000994. The lowest BCUT2D eigenvalue weighted by Crippen LogP contribution is -2.29. The van der Waals surface area contributed by atoms with Crippen LogP contribution in [0.4, 0.5) is 5.13 Å². The van der Waals surface area contributed by atoms with Gasteiger partial charge in [0.1, 0.15) is 5.76 Å². The molecule has 0 bridgehead atoms. The van der Waals surface area contributed by atoms with Crippen LogP contribution in [0.15, 0.2) is 54.1 Å². The van der Waals surface area contributed by atoms with Gasteiger partial charge in [0, 0.05) is 10.4 Å². The van der Waals surface area contributed by atoms with E-state index >= 15 is 0 Å². The summed E-state index contributed by atoms with van der Waals surface area (Å²) in [6.07, 6.45) is 0. The van der Waals surface area contributed by atoms with Crippen molar-refractivity contribution in [2.75, 3.05) is 19.1 Å². The first-order chi connectivity index (χ1) is 15.4. The lowest BCUT2D eigenvalue weighted by Gasteiger charge is -2.23. The highest BCUT2D eigenvalue weighted by molar-refractivity contribution is 7.16. The zero-order valence-electron chi connectivity index (χ0n) is 18.1. The molecule has 1 N–H and O–H groups in total. The third-order valence-electron chi connectivity index (χ3n) is 5.44. The maximum atomic E-state index is 13.2. The number of nitrogens with zero attached hydrogens (tertiary/aromatic N) is 2. The fourth-order valence-electron chi connectivity index (χ4n) is 3.68. The highest BCUT2D eigenvalue weighted by Crippen LogP contribution is 2.45. The summed E-state index contributed by atoms with van der Waals surface area (Å²) in [7, 11) is 3.04. The first-order valence-corrected chi connectivity index (χ1v) is 10.7. The van der Waals surface area contributed by atoms with Gasteiger partial charge < -0.3 is 14.6 Å². The van der Waals surface area contributed by atoms with E-state index in [0.717, 1.165) is 10.6 Å². The van der Waals surface area contributed by atoms with Gasteiger partial charge in [0.25, 0.3) is 5.78 Å². The Labute approximate surface area is 189 Å². The van der Waals surface area contributed by atoms with E-state index in [1.807, 2.05) is 19.9 Å². The van der Waals surface area contributed by atoms with Crippen LogP contribution in [0.3, 0.4) is 0 Å². The number of ketones is 1. The molecule has 0 aliphatic carbocycles. The molecule has 2 aromatic carbocycles. The normalized spacial score (nSPS) is 17.6. The lowest BCUT2D eigenvalue weighted by molar-refractivity contribution is -0.132. The van der Waals surface area contributed by atoms with Crippen molar-refractivity contribution in [1.82, 2.24) is 4.98 Å². The molecule has 1 aromatic heterocycles. The van der Waals surface area contributed by atoms with E-state index in [0.29, 0.717) is 27.8 Å². The zero-order chi connectivity index (χ0) is 23.0. The maximum absolute atomic E-state index is 13.2. The van der Waals surface area contributed by atoms with Gasteiger partial charge in [0.2, 0.25) is 0 Å². The van der Waals surface area contributed by atoms with Gasteiger partial charge in [-0.3, -0.25) is 14.5 Å². The number of aliphatic hydroxyl groups excluding tert-OH is 1. The predicted molar refractivity (Wildman–Crippen MR) is 122 cm³/mol. The molecule has 8 heteroatoms. The van der Waals surface area contributed by atoms with E-state index in [1.165, 1.54) is 30.5 Å². The van der Waals surface area contributed by atoms with E-state index in [9.17, 15) is 14.7 Å². The summed E-state index contributed by atoms with van der Waals surface area (Å²) in [5.41, 5.74) is 1.81. The van der Waals surface area contributed by atoms with Crippen molar-refractivity contribution in [3.05, 3.63) is 75.8 Å². The number of aryl methyl sites for hydroxylation is 2. The summed E-state index contributed by atoms with van der Waals surface area (Å²) in [6.45, 7) is 3.75. The number of hydrogen-bond acceptors (Lipinski definition) is 7. The second-order valence-corrected chi connectivity index (χ2v) is 8.47. The Morgan fingerprint density at radius 1 is 1.03 bits per heavy atom. The van der Waals surface area contributed by atoms with Gasteiger partial charge in [-0.2, -0.15) is 0 Å². The average molecular weight is 451 g/mol. The smallest absolute Gasteiger partial charge is 0.301 e. The Bertz CT molecular complexity index is 1210. The van der Waals surface area contributed by atoms with Crippen molar-refractivity contribution in [1.29, 1.82) is 0 Å². The molecule has 1 fully saturated rings. The van der Waals surface area contributed by atoms with Crippen molar-refractivity contribution in [2.45, 2.75) is 19.9 Å². The summed E-state index contributed by atoms with van der Waals surface area (Å²) < 4.78 is 10.8. The maximum Gasteiger partial charge on any atom is 0.301 e. The van der Waals surface area contributed by atoms with Crippen molar-refractivity contribution in [3.63, 3.8) is 0 Å². The van der Waals surface area contributed by atoms with E-state index in [-0.39, 0.29) is 11.3 Å². The zero-order valence-corrected chi connectivity index (χ0v) is 18.9. The van der Waals surface area contributed by atoms with Crippen LogP contribution in [0.25, 0.3) is 5.76 Å². The van der Waals surface area contributed by atoms with E-state index in [2.05, 4.69) is 4.98 Å². The SMILES string of the molecule is COc1ccc(C2/C(=C(\O)c3ccccc3)C(=O)C(=O)N2c2nc(C)c(C)s2)cc1OC. The molecule has 7 nitrogen and oxygen atoms in total. The first-order valence-electron chi connectivity index (χ1n) is 9.89. The quantitative estimate of drug-likeness (QED) is 0.352. The molecule has 0 spiro atoms. The van der Waals surface area contributed by atoms with E-state index in [1.54, 1.807) is 42.5 Å². The third kappa shape index (κ3) is 3.52. The van der Waals surface area contributed by atoms with Gasteiger partial charge in [0.05, 0.1) is 31.5 Å². The second kappa shape index (κ2) is 8.47. The fourth-order valence-corrected chi connectivity index (χ4v) is 4.61. The van der Waals surface area contributed by atoms with Crippen molar-refractivity contribution in [2.24, 2.45) is 0 Å². The molecule has 1 atom stereocenters. The van der Waals surface area contributed by atoms with Crippen LogP contribution in [0, 0.1) is 13.8 Å². The minimum Gasteiger partial charge on any atom is -0.507 e. The summed E-state index contributed by atoms with van der Waals surface area (Å²) in [6, 6.07) is 13.0. The summed E-state index contributed by atoms with van der Waals surface area (Å²) in [5, 5.41) is 11.5. The molecule has 1 amide bonds. The summed E-state index contributed by atoms with van der Waals surface area (Å²) in [5.74, 6) is -0.789. The molecular weight excluding hydrogens is 428 g/mol. The molecule has 1 aliphatic rings. The number of aromatic nitrogens is 1. The molecular formula is C24H22N2O5S. The number of carbonyl (C=O) groups excluding carboxylic acids is 2. The van der Waals surface area contributed by atoms with Crippen LogP contribution in [0.1, 0.15) is 27.7 Å². The Hall–Kier alpha value is -3.65. The van der Waals surface area contributed by atoms with Gasteiger partial charge in [-0.05, 0) is 31.5 Å². The number of ether oxygens (including phenoxy) is 2. The van der Waals surface area contributed by atoms with Crippen molar-refractivity contribution < 1.29 is 24.2 Å². The summed E-state index contributed by atoms with van der Waals surface area (Å²) >= 11 is 1.32. The highest BCUT2D eigenvalue weighted by atomic mass is 32.1. The van der Waals surface area contributed by atoms with Crippen LogP contribution in [0.5, 0.6) is 11.5 Å². The highest BCUT2D eigenvalue weighted by Gasteiger charge is 2.48. The third-order valence-corrected chi connectivity index (χ3v) is 6.51. The van der Waals surface area contributed by atoms with Crippen molar-refractivity contribution >= 4 is 33.9 Å². The van der Waals surface area contributed by atoms with Gasteiger partial charge in [-0.15, -0.1) is 11.3 Å². The molecule has 32 heavy (non-hydrogen) atoms. The van der Waals surface area contributed by atoms with E-state index in [4.69, 9.17) is 9.47 Å². The number of anilines is 1. The van der Waals surface area contributed by atoms with Crippen LogP contribution >= 0.6 is 11.3 Å². The first kappa shape index (κ1) is 21.6. The Morgan fingerprint density at radius 2 is 1.72 bits per heavy atom. The molecule has 1 unspecified atom stereocenters. The number of thiazole rings is 1. The van der Waals surface area contributed by atoms with E-state index < -0.39 is 17.7 Å². The molecule has 4 rings (SSSR count). The van der Waals surface area contributed by atoms with Gasteiger partial charge in [-0.1, -0.05) is 36.4 Å². The molecule has 1 aliphatic heterocycles. The molecule has 2 heterocycles. The molecule has 1 saturated heterocycles. The molecule has 0 radical (unpaired) electrons. The number of methoxy groups -OCH3 is 2. The average Bonchev–Trinajstić information content (AvgIpc) is 3.28. The number of rotatable bonds is 5. The Balaban J connectivity index is 1.97. The number of hydrogen-bond donors (Lipinski definition) is 1. The van der Waals surface area contributed by atoms with Gasteiger partial charge >= 0.3 is 5.91 Å². The molecule has 3 aromatic rings. The van der Waals surface area contributed by atoms with Gasteiger partial charge in [0.15, 0.2) is 16.6 Å². The van der Waals surface area contributed by atoms with Gasteiger partial charge in [-0.25, -0.2) is 4.98 Å². The summed E-state index contributed by atoms with van der Waals surface area (Å²) in [4.78, 5) is 33.1. The molecule has 164 valence electrons. The van der Waals surface area contributed by atoms with Crippen molar-refractivity contribution in [3.8, 4) is 11.5 Å². The minimum atomic E-state index is -0.875. The molecule has 0 saturated carbocycles. The van der Waals surface area contributed by atoms with Crippen LogP contribution in [-0.4, -0.2) is 36.0 Å². The fraction of sp³-hybridized carbons (Fsp3) is 0.208. The lowest BCUT2D eigenvalue weighted by atomic mass is 9.95. The standard InChI is InChI=1S/C24H22N2O5S/c1-13-14(2)32-24(25-13)26-20(16-10-11-17(30-3)18(12-16)31-4)19(22(28)23(26)29)21(27)15-8-6-5-7-9-15/h5-12,20,27H,1-4H3/b21-19+. The largest absolute Gasteiger partial charge is 0.507 e. The van der Waals surface area contributed by atoms with Crippen LogP contribution < -0.4 is 14.4 Å². The predicted octanol–water partition coefficient (Wildman–Crippen LogP) is 4.40. The van der Waals surface area contributed by atoms with Crippen LogP contribution in [0.2, 0.25) is 0 Å². The van der Waals surface area contributed by atoms with Crippen LogP contribution in [-0.2, 0) is 9.59 Å². The number of amides is 1. The number of Topliss-reactive ketones (excluding diaryl/α,β-unsaturated/α-hetero) is 1. The number of carbonyl (C=O) groups is 2. The monoisotopic (exact) mass is 450 g/mol. The Morgan fingerprint density at radius 3 is 2.31 bits per heavy atom.